The van der Waals surface area contributed by atoms with E-state index in [2.05, 4.69) is 73.2 Å². The van der Waals surface area contributed by atoms with Crippen LogP contribution in [0.5, 0.6) is 11.5 Å². The number of nitrogens with one attached hydrogen (secondary N) is 1. The summed E-state index contributed by atoms with van der Waals surface area (Å²) < 4.78 is 13.0. The molecule has 4 heteroatoms. The second-order valence-electron chi connectivity index (χ2n) is 7.23. The first-order valence-corrected chi connectivity index (χ1v) is 9.40. The first-order chi connectivity index (χ1) is 11.8. The first kappa shape index (κ1) is 19.8. The highest BCUT2D eigenvalue weighted by molar-refractivity contribution is 9.10. The van der Waals surface area contributed by atoms with Gasteiger partial charge in [0, 0.05) is 16.6 Å². The number of rotatable bonds is 7. The first-order valence-electron chi connectivity index (χ1n) is 8.61. The molecule has 0 radical (unpaired) electrons. The largest absolute Gasteiger partial charge is 0.490 e. The summed E-state index contributed by atoms with van der Waals surface area (Å²) in [4.78, 5) is 0. The monoisotopic (exact) mass is 405 g/mol. The lowest BCUT2D eigenvalue weighted by Gasteiger charge is -2.23. The summed E-state index contributed by atoms with van der Waals surface area (Å²) in [5.41, 5.74) is 3.66. The molecule has 136 valence electrons. The second-order valence-corrected chi connectivity index (χ2v) is 8.14. The van der Waals surface area contributed by atoms with Gasteiger partial charge in [-0.25, -0.2) is 0 Å². The minimum Gasteiger partial charge on any atom is -0.490 e. The van der Waals surface area contributed by atoms with Crippen molar-refractivity contribution < 1.29 is 9.47 Å². The molecule has 0 bridgehead atoms. The maximum absolute atomic E-state index is 6.01. The Hall–Kier alpha value is -1.52. The van der Waals surface area contributed by atoms with Crippen molar-refractivity contribution in [3.8, 4) is 11.5 Å². The highest BCUT2D eigenvalue weighted by Gasteiger charge is 2.19. The summed E-state index contributed by atoms with van der Waals surface area (Å²) in [6.45, 7) is 10.5. The Kier molecular flexibility index (Phi) is 6.91. The predicted octanol–water partition coefficient (Wildman–Crippen LogP) is 5.23. The average Bonchev–Trinajstić information content (AvgIpc) is 2.53. The minimum absolute atomic E-state index is 0.0495. The highest BCUT2D eigenvalue weighted by Crippen LogP contribution is 2.32. The van der Waals surface area contributed by atoms with Crippen molar-refractivity contribution in [3.05, 3.63) is 57.6 Å². The number of benzene rings is 2. The van der Waals surface area contributed by atoms with Crippen LogP contribution in [0.15, 0.2) is 40.9 Å². The topological polar surface area (TPSA) is 30.5 Å². The molecule has 0 atom stereocenters. The Morgan fingerprint density at radius 3 is 2.24 bits per heavy atom. The molecule has 0 unspecified atom stereocenters. The fraction of sp³-hybridized carbons (Fsp3) is 0.429. The molecule has 3 nitrogen and oxygen atoms in total. The van der Waals surface area contributed by atoms with Gasteiger partial charge in [-0.05, 0) is 49.2 Å². The quantitative estimate of drug-likeness (QED) is 0.639. The molecule has 0 aromatic heterocycles. The summed E-state index contributed by atoms with van der Waals surface area (Å²) >= 11 is 3.50. The van der Waals surface area contributed by atoms with Crippen molar-refractivity contribution >= 4 is 15.9 Å². The highest BCUT2D eigenvalue weighted by atomic mass is 79.9. The van der Waals surface area contributed by atoms with Crippen LogP contribution in [0.25, 0.3) is 0 Å². The van der Waals surface area contributed by atoms with Gasteiger partial charge in [0.1, 0.15) is 24.7 Å². The predicted molar refractivity (Wildman–Crippen MR) is 108 cm³/mol. The van der Waals surface area contributed by atoms with Crippen LogP contribution in [0.2, 0.25) is 0 Å². The van der Waals surface area contributed by atoms with Crippen LogP contribution in [0, 0.1) is 6.92 Å². The van der Waals surface area contributed by atoms with Crippen molar-refractivity contribution in [2.45, 2.75) is 39.7 Å². The Morgan fingerprint density at radius 2 is 1.60 bits per heavy atom. The van der Waals surface area contributed by atoms with Crippen molar-refractivity contribution in [3.63, 3.8) is 0 Å². The van der Waals surface area contributed by atoms with E-state index in [1.165, 1.54) is 11.1 Å². The van der Waals surface area contributed by atoms with Crippen LogP contribution < -0.4 is 14.8 Å². The lowest BCUT2D eigenvalue weighted by molar-refractivity contribution is 0.213. The molecule has 2 aromatic carbocycles. The van der Waals surface area contributed by atoms with E-state index in [0.29, 0.717) is 13.2 Å². The molecule has 0 amide bonds. The molecule has 0 spiro atoms. The van der Waals surface area contributed by atoms with E-state index in [1.807, 2.05) is 19.2 Å². The molecule has 0 fully saturated rings. The molecule has 1 N–H and O–H groups in total. The molecule has 0 saturated heterocycles. The van der Waals surface area contributed by atoms with Crippen molar-refractivity contribution in [2.24, 2.45) is 0 Å². The van der Waals surface area contributed by atoms with Crippen molar-refractivity contribution in [1.29, 1.82) is 0 Å². The zero-order chi connectivity index (χ0) is 18.4. The molecule has 25 heavy (non-hydrogen) atoms. The normalized spacial score (nSPS) is 11.4. The summed E-state index contributed by atoms with van der Waals surface area (Å²) in [6.07, 6.45) is 0. The van der Waals surface area contributed by atoms with Crippen LogP contribution >= 0.6 is 15.9 Å². The molecular formula is C21H28BrNO2. The van der Waals surface area contributed by atoms with Gasteiger partial charge in [0.15, 0.2) is 0 Å². The van der Waals surface area contributed by atoms with Crippen molar-refractivity contribution in [2.75, 3.05) is 20.3 Å². The second kappa shape index (κ2) is 8.72. The molecule has 0 aliphatic carbocycles. The number of hydrogen-bond acceptors (Lipinski definition) is 3. The maximum Gasteiger partial charge on any atom is 0.124 e. The summed E-state index contributed by atoms with van der Waals surface area (Å²) in [6, 6.07) is 12.4. The standard InChI is InChI=1S/C21H28BrNO2/c1-15-6-8-20(18(12-15)21(2,3)4)25-11-10-24-19-9-7-17(22)13-16(19)14-23-5/h6-9,12-13,23H,10-11,14H2,1-5H3. The molecule has 2 aromatic rings. The Labute approximate surface area is 159 Å². The molecule has 0 aliphatic rings. The van der Waals surface area contributed by atoms with E-state index in [9.17, 15) is 0 Å². The van der Waals surface area contributed by atoms with Crippen LogP contribution in [-0.4, -0.2) is 20.3 Å². The molecule has 0 aliphatic heterocycles. The van der Waals surface area contributed by atoms with Gasteiger partial charge >= 0.3 is 0 Å². The Bertz CT molecular complexity index is 708. The maximum atomic E-state index is 6.01. The van der Waals surface area contributed by atoms with Crippen LogP contribution in [0.3, 0.4) is 0 Å². The zero-order valence-corrected chi connectivity index (χ0v) is 17.4. The molecular weight excluding hydrogens is 378 g/mol. The number of hydrogen-bond donors (Lipinski definition) is 1. The van der Waals surface area contributed by atoms with Gasteiger partial charge in [-0.3, -0.25) is 0 Å². The van der Waals surface area contributed by atoms with E-state index >= 15 is 0 Å². The van der Waals surface area contributed by atoms with E-state index < -0.39 is 0 Å². The molecule has 0 saturated carbocycles. The third kappa shape index (κ3) is 5.75. The fourth-order valence-electron chi connectivity index (χ4n) is 2.68. The SMILES string of the molecule is CNCc1cc(Br)ccc1OCCOc1ccc(C)cc1C(C)(C)C. The van der Waals surface area contributed by atoms with E-state index in [-0.39, 0.29) is 5.41 Å². The van der Waals surface area contributed by atoms with Gasteiger partial charge in [0.2, 0.25) is 0 Å². The summed E-state index contributed by atoms with van der Waals surface area (Å²) in [5.74, 6) is 1.83. The van der Waals surface area contributed by atoms with Crippen LogP contribution in [0.1, 0.15) is 37.5 Å². The van der Waals surface area contributed by atoms with Gasteiger partial charge in [0.25, 0.3) is 0 Å². The van der Waals surface area contributed by atoms with Gasteiger partial charge in [-0.2, -0.15) is 0 Å². The Balaban J connectivity index is 1.99. The minimum atomic E-state index is 0.0495. The number of aryl methyl sites for hydroxylation is 1. The van der Waals surface area contributed by atoms with Crippen LogP contribution in [-0.2, 0) is 12.0 Å². The summed E-state index contributed by atoms with van der Waals surface area (Å²) in [7, 11) is 1.93. The average molecular weight is 406 g/mol. The van der Waals surface area contributed by atoms with E-state index in [4.69, 9.17) is 9.47 Å². The molecule has 2 rings (SSSR count). The van der Waals surface area contributed by atoms with Gasteiger partial charge < -0.3 is 14.8 Å². The van der Waals surface area contributed by atoms with Gasteiger partial charge in [-0.1, -0.05) is 54.4 Å². The van der Waals surface area contributed by atoms with Crippen molar-refractivity contribution in [1.82, 2.24) is 5.32 Å². The Morgan fingerprint density at radius 1 is 0.960 bits per heavy atom. The summed E-state index contributed by atoms with van der Waals surface area (Å²) in [5, 5.41) is 3.17. The van der Waals surface area contributed by atoms with Gasteiger partial charge in [0.05, 0.1) is 0 Å². The number of halogens is 1. The van der Waals surface area contributed by atoms with Gasteiger partial charge in [-0.15, -0.1) is 0 Å². The molecule has 0 heterocycles. The third-order valence-corrected chi connectivity index (χ3v) is 4.42. The smallest absolute Gasteiger partial charge is 0.124 e. The van der Waals surface area contributed by atoms with E-state index in [0.717, 1.165) is 28.1 Å². The lowest BCUT2D eigenvalue weighted by Crippen LogP contribution is -2.16. The van der Waals surface area contributed by atoms with Crippen LogP contribution in [0.4, 0.5) is 0 Å². The van der Waals surface area contributed by atoms with E-state index in [1.54, 1.807) is 0 Å². The third-order valence-electron chi connectivity index (χ3n) is 3.93. The lowest BCUT2D eigenvalue weighted by atomic mass is 9.85. The fourth-order valence-corrected chi connectivity index (χ4v) is 3.08. The zero-order valence-electron chi connectivity index (χ0n) is 15.8. The number of ether oxygens (including phenoxy) is 2.